The third kappa shape index (κ3) is 5.83. The van der Waals surface area contributed by atoms with Crippen LogP contribution in [0.2, 0.25) is 0 Å². The van der Waals surface area contributed by atoms with Crippen LogP contribution in [0.1, 0.15) is 21.7 Å². The molecule has 2 heterocycles. The van der Waals surface area contributed by atoms with E-state index >= 15 is 0 Å². The number of nitrogens with zero attached hydrogens (tertiary/aromatic N) is 2. The number of nitrogens with one attached hydrogen (secondary N) is 2. The number of hydrogen-bond donors (Lipinski definition) is 2. The van der Waals surface area contributed by atoms with Gasteiger partial charge in [-0.25, -0.2) is 9.78 Å². The molecule has 2 aromatic heterocycles. The Morgan fingerprint density at radius 1 is 1.18 bits per heavy atom. The number of ether oxygens (including phenoxy) is 1. The topological polar surface area (TPSA) is 76.1 Å². The van der Waals surface area contributed by atoms with Gasteiger partial charge < -0.3 is 10.1 Å². The lowest BCUT2D eigenvalue weighted by atomic mass is 10.2. The minimum Gasteiger partial charge on any atom is -0.492 e. The van der Waals surface area contributed by atoms with E-state index in [4.69, 9.17) is 4.74 Å². The van der Waals surface area contributed by atoms with Gasteiger partial charge in [0, 0.05) is 18.0 Å². The fourth-order valence-corrected chi connectivity index (χ4v) is 3.13. The molecule has 3 aromatic rings. The fraction of sp³-hybridized carbons (Fsp3) is 0.190. The lowest BCUT2D eigenvalue weighted by molar-refractivity contribution is 0.247. The smallest absolute Gasteiger partial charge is 0.321 e. The maximum atomic E-state index is 12.0. The second-order valence-corrected chi connectivity index (χ2v) is 6.96. The van der Waals surface area contributed by atoms with Crippen LogP contribution in [-0.2, 0) is 0 Å². The van der Waals surface area contributed by atoms with E-state index in [9.17, 15) is 4.79 Å². The molecule has 0 aliphatic rings. The Hall–Kier alpha value is -3.37. The molecule has 0 aliphatic carbocycles. The first-order valence-corrected chi connectivity index (χ1v) is 9.55. The Morgan fingerprint density at radius 2 is 2.00 bits per heavy atom. The maximum Gasteiger partial charge on any atom is 0.321 e. The number of aromatic nitrogens is 2. The number of pyridine rings is 1. The van der Waals surface area contributed by atoms with Gasteiger partial charge in [-0.05, 0) is 49.6 Å². The van der Waals surface area contributed by atoms with Crippen molar-refractivity contribution in [3.05, 3.63) is 70.5 Å². The molecule has 0 saturated carbocycles. The molecule has 0 aliphatic heterocycles. The van der Waals surface area contributed by atoms with E-state index < -0.39 is 0 Å². The zero-order valence-corrected chi connectivity index (χ0v) is 16.5. The van der Waals surface area contributed by atoms with Crippen LogP contribution in [0.4, 0.5) is 9.93 Å². The third-order valence-corrected chi connectivity index (χ3v) is 4.65. The van der Waals surface area contributed by atoms with Crippen molar-refractivity contribution in [1.29, 1.82) is 0 Å². The van der Waals surface area contributed by atoms with Crippen molar-refractivity contribution in [3.8, 4) is 17.6 Å². The lowest BCUT2D eigenvalue weighted by Crippen LogP contribution is -2.32. The summed E-state index contributed by atoms with van der Waals surface area (Å²) in [5.74, 6) is 6.94. The first kappa shape index (κ1) is 19.4. The minimum absolute atomic E-state index is 0.324. The highest BCUT2D eigenvalue weighted by molar-refractivity contribution is 7.16. The van der Waals surface area contributed by atoms with E-state index in [-0.39, 0.29) is 6.03 Å². The van der Waals surface area contributed by atoms with E-state index in [0.717, 1.165) is 27.4 Å². The van der Waals surface area contributed by atoms with Crippen LogP contribution >= 0.6 is 11.3 Å². The molecule has 6 nitrogen and oxygen atoms in total. The highest BCUT2D eigenvalue weighted by Gasteiger charge is 2.08. The van der Waals surface area contributed by atoms with Crippen LogP contribution in [-0.4, -0.2) is 29.2 Å². The SMILES string of the molecule is Cc1cccc(OCCNC(=O)Nc2nc(C)c(C#Cc3ccncc3)s2)c1. The van der Waals surface area contributed by atoms with Crippen molar-refractivity contribution in [2.45, 2.75) is 13.8 Å². The monoisotopic (exact) mass is 392 g/mol. The van der Waals surface area contributed by atoms with E-state index in [2.05, 4.69) is 32.4 Å². The van der Waals surface area contributed by atoms with Crippen molar-refractivity contribution in [3.63, 3.8) is 0 Å². The first-order chi connectivity index (χ1) is 13.6. The number of anilines is 1. The highest BCUT2D eigenvalue weighted by Crippen LogP contribution is 2.21. The van der Waals surface area contributed by atoms with E-state index in [1.54, 1.807) is 12.4 Å². The van der Waals surface area contributed by atoms with Crippen LogP contribution in [0.25, 0.3) is 0 Å². The molecular weight excluding hydrogens is 372 g/mol. The van der Waals surface area contributed by atoms with Gasteiger partial charge >= 0.3 is 6.03 Å². The predicted octanol–water partition coefficient (Wildman–Crippen LogP) is 3.76. The van der Waals surface area contributed by atoms with Gasteiger partial charge in [0.2, 0.25) is 0 Å². The molecule has 142 valence electrons. The number of amides is 2. The van der Waals surface area contributed by atoms with Crippen molar-refractivity contribution in [2.75, 3.05) is 18.5 Å². The van der Waals surface area contributed by atoms with Gasteiger partial charge in [0.25, 0.3) is 0 Å². The second-order valence-electron chi connectivity index (χ2n) is 5.97. The number of rotatable bonds is 5. The summed E-state index contributed by atoms with van der Waals surface area (Å²) >= 11 is 1.34. The van der Waals surface area contributed by atoms with Crippen LogP contribution < -0.4 is 15.4 Å². The molecule has 0 unspecified atom stereocenters. The Morgan fingerprint density at radius 3 is 2.79 bits per heavy atom. The van der Waals surface area contributed by atoms with Gasteiger partial charge in [0.05, 0.1) is 12.2 Å². The average Bonchev–Trinajstić information content (AvgIpc) is 3.03. The summed E-state index contributed by atoms with van der Waals surface area (Å²) in [6.45, 7) is 4.64. The van der Waals surface area contributed by atoms with Crippen molar-refractivity contribution in [2.24, 2.45) is 0 Å². The third-order valence-electron chi connectivity index (χ3n) is 3.66. The number of urea groups is 1. The Balaban J connectivity index is 1.47. The summed E-state index contributed by atoms with van der Waals surface area (Å²) in [5, 5.41) is 5.99. The number of thiazole rings is 1. The highest BCUT2D eigenvalue weighted by atomic mass is 32.1. The molecule has 1 aromatic carbocycles. The summed E-state index contributed by atoms with van der Waals surface area (Å²) in [6, 6.07) is 11.1. The minimum atomic E-state index is -0.324. The molecule has 3 rings (SSSR count). The van der Waals surface area contributed by atoms with Gasteiger partial charge in [-0.1, -0.05) is 29.4 Å². The Kier molecular flexibility index (Phi) is 6.60. The summed E-state index contributed by atoms with van der Waals surface area (Å²) in [4.78, 5) is 21.2. The van der Waals surface area contributed by atoms with E-state index in [1.165, 1.54) is 11.3 Å². The summed E-state index contributed by atoms with van der Waals surface area (Å²) in [7, 11) is 0. The van der Waals surface area contributed by atoms with Crippen LogP contribution in [0.5, 0.6) is 5.75 Å². The lowest BCUT2D eigenvalue weighted by Gasteiger charge is -2.08. The van der Waals surface area contributed by atoms with Gasteiger partial charge in [0.15, 0.2) is 5.13 Å². The van der Waals surface area contributed by atoms with Crippen LogP contribution in [0.3, 0.4) is 0 Å². The number of carbonyl (C=O) groups excluding carboxylic acids is 1. The molecule has 0 atom stereocenters. The molecule has 2 N–H and O–H groups in total. The van der Waals surface area contributed by atoms with Gasteiger partial charge in [-0.2, -0.15) is 0 Å². The summed E-state index contributed by atoms with van der Waals surface area (Å²) in [6.07, 6.45) is 3.40. The number of aryl methyl sites for hydroxylation is 2. The maximum absolute atomic E-state index is 12.0. The first-order valence-electron chi connectivity index (χ1n) is 8.74. The molecular formula is C21H20N4O2S. The van der Waals surface area contributed by atoms with Crippen LogP contribution in [0.15, 0.2) is 48.8 Å². The molecule has 2 amide bonds. The molecule has 0 fully saturated rings. The quantitative estimate of drug-likeness (QED) is 0.512. The van der Waals surface area contributed by atoms with E-state index in [1.807, 2.05) is 50.2 Å². The molecule has 0 spiro atoms. The second kappa shape index (κ2) is 9.53. The Bertz CT molecular complexity index is 1010. The largest absolute Gasteiger partial charge is 0.492 e. The van der Waals surface area contributed by atoms with E-state index in [0.29, 0.717) is 18.3 Å². The van der Waals surface area contributed by atoms with Crippen molar-refractivity contribution >= 4 is 22.5 Å². The number of benzene rings is 1. The number of carbonyl (C=O) groups is 1. The van der Waals surface area contributed by atoms with Gasteiger partial charge in [-0.15, -0.1) is 0 Å². The fourth-order valence-electron chi connectivity index (χ4n) is 2.31. The zero-order chi connectivity index (χ0) is 19.8. The summed E-state index contributed by atoms with van der Waals surface area (Å²) < 4.78 is 5.61. The van der Waals surface area contributed by atoms with Crippen LogP contribution in [0, 0.1) is 25.7 Å². The molecule has 0 radical (unpaired) electrons. The molecule has 7 heteroatoms. The zero-order valence-electron chi connectivity index (χ0n) is 15.7. The average molecular weight is 392 g/mol. The molecule has 28 heavy (non-hydrogen) atoms. The number of hydrogen-bond acceptors (Lipinski definition) is 5. The van der Waals surface area contributed by atoms with Crippen molar-refractivity contribution < 1.29 is 9.53 Å². The standard InChI is InChI=1S/C21H20N4O2S/c1-15-4-3-5-18(14-15)27-13-12-23-20(26)25-21-24-16(2)19(28-21)7-6-17-8-10-22-11-9-17/h3-5,8-11,14H,12-13H2,1-2H3,(H2,23,24,25,26). The summed E-state index contributed by atoms with van der Waals surface area (Å²) in [5.41, 5.74) is 2.79. The Labute approximate surface area is 168 Å². The molecule has 0 bridgehead atoms. The van der Waals surface area contributed by atoms with Crippen molar-refractivity contribution in [1.82, 2.24) is 15.3 Å². The van der Waals surface area contributed by atoms with Gasteiger partial charge in [0.1, 0.15) is 17.2 Å². The normalized spacial score (nSPS) is 9.93. The molecule has 0 saturated heterocycles. The predicted molar refractivity (Wildman–Crippen MR) is 111 cm³/mol. The van der Waals surface area contributed by atoms with Gasteiger partial charge in [-0.3, -0.25) is 10.3 Å².